The summed E-state index contributed by atoms with van der Waals surface area (Å²) in [6.45, 7) is 3.01. The Balaban J connectivity index is 2.20. The van der Waals surface area contributed by atoms with Crippen LogP contribution in [0.4, 0.5) is 10.1 Å². The molecule has 3 nitrogen and oxygen atoms in total. The van der Waals surface area contributed by atoms with Gasteiger partial charge in [-0.2, -0.15) is 0 Å². The third-order valence-electron chi connectivity index (χ3n) is 2.74. The van der Waals surface area contributed by atoms with Crippen molar-refractivity contribution < 1.29 is 4.39 Å². The van der Waals surface area contributed by atoms with Crippen LogP contribution in [-0.2, 0) is 13.1 Å². The van der Waals surface area contributed by atoms with Gasteiger partial charge in [0, 0.05) is 24.7 Å². The molecule has 0 aliphatic heterocycles. The van der Waals surface area contributed by atoms with Crippen LogP contribution in [-0.4, -0.2) is 12.0 Å². The van der Waals surface area contributed by atoms with Crippen molar-refractivity contribution in [2.45, 2.75) is 20.0 Å². The van der Waals surface area contributed by atoms with Gasteiger partial charge in [-0.15, -0.1) is 11.3 Å². The van der Waals surface area contributed by atoms with Gasteiger partial charge in [-0.3, -0.25) is 0 Å². The minimum absolute atomic E-state index is 0.253. The second-order valence-corrected chi connectivity index (χ2v) is 5.25. The molecule has 0 unspecified atom stereocenters. The molecule has 2 rings (SSSR count). The molecule has 0 fully saturated rings. The molecular weight excluding hydrogens is 249 g/mol. The molecule has 0 radical (unpaired) electrons. The van der Waals surface area contributed by atoms with Gasteiger partial charge in [-0.25, -0.2) is 9.37 Å². The summed E-state index contributed by atoms with van der Waals surface area (Å²) in [6.07, 6.45) is 0. The summed E-state index contributed by atoms with van der Waals surface area (Å²) in [4.78, 5) is 6.46. The first kappa shape index (κ1) is 13.0. The van der Waals surface area contributed by atoms with E-state index < -0.39 is 0 Å². The molecule has 5 heteroatoms. The van der Waals surface area contributed by atoms with Crippen molar-refractivity contribution in [3.8, 4) is 0 Å². The summed E-state index contributed by atoms with van der Waals surface area (Å²) in [6, 6.07) is 4.70. The number of rotatable bonds is 4. The number of nitrogens with two attached hydrogens (primary N) is 1. The van der Waals surface area contributed by atoms with Gasteiger partial charge in [0.15, 0.2) is 0 Å². The van der Waals surface area contributed by atoms with Gasteiger partial charge in [0.05, 0.1) is 17.2 Å². The molecule has 2 N–H and O–H groups in total. The standard InChI is InChI=1S/C13H16FN3S/c1-9-16-12(8-18-9)7-17(2)13-4-3-11(14)5-10(13)6-15/h3-5,8H,6-7,15H2,1-2H3. The quantitative estimate of drug-likeness (QED) is 0.924. The Labute approximate surface area is 110 Å². The van der Waals surface area contributed by atoms with Crippen LogP contribution in [0.1, 0.15) is 16.3 Å². The molecule has 1 aromatic heterocycles. The van der Waals surface area contributed by atoms with Gasteiger partial charge >= 0.3 is 0 Å². The van der Waals surface area contributed by atoms with Crippen molar-refractivity contribution in [3.63, 3.8) is 0 Å². The summed E-state index contributed by atoms with van der Waals surface area (Å²) in [7, 11) is 1.96. The number of nitrogens with zero attached hydrogens (tertiary/aromatic N) is 2. The van der Waals surface area contributed by atoms with E-state index in [0.29, 0.717) is 13.1 Å². The molecular formula is C13H16FN3S. The summed E-state index contributed by atoms with van der Waals surface area (Å²) >= 11 is 1.63. The van der Waals surface area contributed by atoms with Gasteiger partial charge in [-0.05, 0) is 30.7 Å². The number of aryl methyl sites for hydroxylation is 1. The SMILES string of the molecule is Cc1nc(CN(C)c2ccc(F)cc2CN)cs1. The zero-order valence-electron chi connectivity index (χ0n) is 10.5. The van der Waals surface area contributed by atoms with Gasteiger partial charge in [0.2, 0.25) is 0 Å². The Bertz CT molecular complexity index is 539. The third kappa shape index (κ3) is 2.86. The van der Waals surface area contributed by atoms with Crippen molar-refractivity contribution in [1.29, 1.82) is 0 Å². The summed E-state index contributed by atoms with van der Waals surface area (Å²) in [5.41, 5.74) is 8.43. The number of thiazole rings is 1. The first-order chi connectivity index (χ1) is 8.60. The van der Waals surface area contributed by atoms with Gasteiger partial charge < -0.3 is 10.6 Å². The Morgan fingerprint density at radius 1 is 1.44 bits per heavy atom. The molecule has 0 spiro atoms. The van der Waals surface area contributed by atoms with E-state index in [1.54, 1.807) is 17.4 Å². The van der Waals surface area contributed by atoms with E-state index in [1.807, 2.05) is 24.3 Å². The van der Waals surface area contributed by atoms with Crippen LogP contribution in [0.5, 0.6) is 0 Å². The lowest BCUT2D eigenvalue weighted by molar-refractivity contribution is 0.625. The fourth-order valence-corrected chi connectivity index (χ4v) is 2.50. The lowest BCUT2D eigenvalue weighted by Gasteiger charge is -2.21. The zero-order valence-corrected chi connectivity index (χ0v) is 11.3. The van der Waals surface area contributed by atoms with E-state index in [-0.39, 0.29) is 5.82 Å². The van der Waals surface area contributed by atoms with Crippen molar-refractivity contribution >= 4 is 17.0 Å². The largest absolute Gasteiger partial charge is 0.368 e. The molecule has 1 heterocycles. The number of halogens is 1. The highest BCUT2D eigenvalue weighted by atomic mass is 32.1. The predicted molar refractivity (Wildman–Crippen MR) is 73.2 cm³/mol. The summed E-state index contributed by atoms with van der Waals surface area (Å²) in [5.74, 6) is -0.253. The maximum absolute atomic E-state index is 13.1. The minimum Gasteiger partial charge on any atom is -0.368 e. The monoisotopic (exact) mass is 265 g/mol. The average Bonchev–Trinajstić information content (AvgIpc) is 2.74. The van der Waals surface area contributed by atoms with E-state index >= 15 is 0 Å². The Morgan fingerprint density at radius 2 is 2.22 bits per heavy atom. The maximum Gasteiger partial charge on any atom is 0.123 e. The van der Waals surface area contributed by atoms with Crippen molar-refractivity contribution in [2.75, 3.05) is 11.9 Å². The first-order valence-electron chi connectivity index (χ1n) is 5.71. The van der Waals surface area contributed by atoms with E-state index in [0.717, 1.165) is 22.0 Å². The molecule has 0 bridgehead atoms. The van der Waals surface area contributed by atoms with Gasteiger partial charge in [0.25, 0.3) is 0 Å². The lowest BCUT2D eigenvalue weighted by Crippen LogP contribution is -2.19. The van der Waals surface area contributed by atoms with Crippen LogP contribution in [0.2, 0.25) is 0 Å². The van der Waals surface area contributed by atoms with Gasteiger partial charge in [-0.1, -0.05) is 0 Å². The van der Waals surface area contributed by atoms with Crippen LogP contribution in [0.15, 0.2) is 23.6 Å². The van der Waals surface area contributed by atoms with Crippen LogP contribution in [0.3, 0.4) is 0 Å². The fourth-order valence-electron chi connectivity index (χ4n) is 1.90. The lowest BCUT2D eigenvalue weighted by atomic mass is 10.1. The molecule has 96 valence electrons. The number of hydrogen-bond acceptors (Lipinski definition) is 4. The van der Waals surface area contributed by atoms with Crippen LogP contribution in [0, 0.1) is 12.7 Å². The number of anilines is 1. The highest BCUT2D eigenvalue weighted by Gasteiger charge is 2.09. The van der Waals surface area contributed by atoms with Crippen LogP contribution in [0.25, 0.3) is 0 Å². The maximum atomic E-state index is 13.1. The molecule has 0 atom stereocenters. The molecule has 0 aliphatic carbocycles. The minimum atomic E-state index is -0.253. The number of benzene rings is 1. The second kappa shape index (κ2) is 5.46. The van der Waals surface area contributed by atoms with Crippen molar-refractivity contribution in [2.24, 2.45) is 5.73 Å². The number of hydrogen-bond donors (Lipinski definition) is 1. The molecule has 2 aromatic rings. The zero-order chi connectivity index (χ0) is 13.1. The smallest absolute Gasteiger partial charge is 0.123 e. The highest BCUT2D eigenvalue weighted by Crippen LogP contribution is 2.22. The van der Waals surface area contributed by atoms with Crippen LogP contribution < -0.4 is 10.6 Å². The third-order valence-corrected chi connectivity index (χ3v) is 3.56. The molecule has 0 saturated carbocycles. The summed E-state index contributed by atoms with van der Waals surface area (Å²) in [5, 5.41) is 3.09. The van der Waals surface area contributed by atoms with E-state index in [4.69, 9.17) is 5.73 Å². The number of aromatic nitrogens is 1. The van der Waals surface area contributed by atoms with Crippen LogP contribution >= 0.6 is 11.3 Å². The first-order valence-corrected chi connectivity index (χ1v) is 6.58. The molecule has 18 heavy (non-hydrogen) atoms. The highest BCUT2D eigenvalue weighted by molar-refractivity contribution is 7.09. The normalized spacial score (nSPS) is 10.7. The van der Waals surface area contributed by atoms with Crippen molar-refractivity contribution in [3.05, 3.63) is 45.7 Å². The molecule has 0 aliphatic rings. The Hall–Kier alpha value is -1.46. The topological polar surface area (TPSA) is 42.2 Å². The summed E-state index contributed by atoms with van der Waals surface area (Å²) < 4.78 is 13.1. The molecule has 0 saturated heterocycles. The van der Waals surface area contributed by atoms with E-state index in [9.17, 15) is 4.39 Å². The Kier molecular flexibility index (Phi) is 3.93. The van der Waals surface area contributed by atoms with E-state index in [1.165, 1.54) is 12.1 Å². The fraction of sp³-hybridized carbons (Fsp3) is 0.308. The predicted octanol–water partition coefficient (Wildman–Crippen LogP) is 2.69. The average molecular weight is 265 g/mol. The van der Waals surface area contributed by atoms with E-state index in [2.05, 4.69) is 4.98 Å². The molecule has 1 aromatic carbocycles. The van der Waals surface area contributed by atoms with Gasteiger partial charge in [0.1, 0.15) is 5.82 Å². The second-order valence-electron chi connectivity index (χ2n) is 4.19. The molecule has 0 amide bonds. The van der Waals surface area contributed by atoms with Crippen molar-refractivity contribution in [1.82, 2.24) is 4.98 Å². The Morgan fingerprint density at radius 3 is 2.83 bits per heavy atom.